The highest BCUT2D eigenvalue weighted by molar-refractivity contribution is 8.76. The first kappa shape index (κ1) is 21.6. The third-order valence-electron chi connectivity index (χ3n) is 3.20. The van der Waals surface area contributed by atoms with Gasteiger partial charge in [-0.15, -0.1) is 0 Å². The molecule has 0 fully saturated rings. The summed E-state index contributed by atoms with van der Waals surface area (Å²) < 4.78 is 0. The van der Waals surface area contributed by atoms with Gasteiger partial charge >= 0.3 is 11.9 Å². The summed E-state index contributed by atoms with van der Waals surface area (Å²) in [4.78, 5) is 21.0. The highest BCUT2D eigenvalue weighted by Gasteiger charge is 2.10. The largest absolute Gasteiger partial charge is 0.480 e. The lowest BCUT2D eigenvalue weighted by Gasteiger charge is -2.06. The van der Waals surface area contributed by atoms with Crippen molar-refractivity contribution in [1.82, 2.24) is 0 Å². The van der Waals surface area contributed by atoms with Gasteiger partial charge in [-0.2, -0.15) is 0 Å². The quantitative estimate of drug-likeness (QED) is 0.261. The smallest absolute Gasteiger partial charge is 0.320 e. The van der Waals surface area contributed by atoms with Gasteiger partial charge in [0.15, 0.2) is 0 Å². The first-order valence-corrected chi connectivity index (χ1v) is 10.1. The number of carboxylic acids is 2. The molecule has 2 atom stereocenters. The van der Waals surface area contributed by atoms with Gasteiger partial charge in [0.2, 0.25) is 0 Å². The Labute approximate surface area is 140 Å². The topological polar surface area (TPSA) is 127 Å². The van der Waals surface area contributed by atoms with E-state index in [-0.39, 0.29) is 0 Å². The maximum atomic E-state index is 10.5. The average molecular weight is 353 g/mol. The predicted molar refractivity (Wildman–Crippen MR) is 93.1 cm³/mol. The van der Waals surface area contributed by atoms with Crippen LogP contribution in [0.25, 0.3) is 0 Å². The van der Waals surface area contributed by atoms with Crippen molar-refractivity contribution in [2.75, 3.05) is 11.5 Å². The van der Waals surface area contributed by atoms with Crippen LogP contribution < -0.4 is 11.5 Å². The maximum absolute atomic E-state index is 10.5. The average Bonchev–Trinajstić information content (AvgIpc) is 2.47. The lowest BCUT2D eigenvalue weighted by Crippen LogP contribution is -2.29. The van der Waals surface area contributed by atoms with E-state index in [9.17, 15) is 9.59 Å². The van der Waals surface area contributed by atoms with Crippen molar-refractivity contribution in [1.29, 1.82) is 0 Å². The Balaban J connectivity index is 3.18. The fraction of sp³-hybridized carbons (Fsp3) is 0.857. The van der Waals surface area contributed by atoms with Crippen LogP contribution in [0.5, 0.6) is 0 Å². The molecule has 0 aliphatic heterocycles. The molecule has 130 valence electrons. The SMILES string of the molecule is NC(CCCCCSSCCCCCC(N)C(=O)O)C(=O)O. The molecule has 6 nitrogen and oxygen atoms in total. The van der Waals surface area contributed by atoms with Crippen LogP contribution in [0.2, 0.25) is 0 Å². The van der Waals surface area contributed by atoms with Crippen LogP contribution in [0.15, 0.2) is 0 Å². The Morgan fingerprint density at radius 3 is 1.41 bits per heavy atom. The molecular weight excluding hydrogens is 324 g/mol. The zero-order valence-corrected chi connectivity index (χ0v) is 14.5. The number of carbonyl (C=O) groups is 2. The number of carboxylic acid groups (broad SMARTS) is 2. The van der Waals surface area contributed by atoms with Crippen LogP contribution in [0.3, 0.4) is 0 Å². The van der Waals surface area contributed by atoms with E-state index in [0.717, 1.165) is 50.0 Å². The minimum Gasteiger partial charge on any atom is -0.480 e. The van der Waals surface area contributed by atoms with E-state index >= 15 is 0 Å². The van der Waals surface area contributed by atoms with Crippen LogP contribution in [-0.2, 0) is 9.59 Å². The van der Waals surface area contributed by atoms with Crippen molar-refractivity contribution in [2.24, 2.45) is 11.5 Å². The van der Waals surface area contributed by atoms with Gasteiger partial charge in [-0.3, -0.25) is 9.59 Å². The molecule has 0 amide bonds. The minimum absolute atomic E-state index is 0.547. The number of hydrogen-bond acceptors (Lipinski definition) is 6. The summed E-state index contributed by atoms with van der Waals surface area (Å²) in [5, 5.41) is 17.3. The third kappa shape index (κ3) is 13.2. The number of rotatable bonds is 15. The van der Waals surface area contributed by atoms with E-state index in [1.165, 1.54) is 0 Å². The second-order valence-electron chi connectivity index (χ2n) is 5.23. The molecule has 0 aromatic rings. The Bertz CT molecular complexity index is 289. The summed E-state index contributed by atoms with van der Waals surface area (Å²) >= 11 is 0. The molecule has 0 aromatic carbocycles. The highest BCUT2D eigenvalue weighted by atomic mass is 33.1. The molecular formula is C14H28N2O4S2. The Morgan fingerprint density at radius 1 is 0.727 bits per heavy atom. The molecule has 0 aliphatic carbocycles. The van der Waals surface area contributed by atoms with E-state index in [4.69, 9.17) is 21.7 Å². The van der Waals surface area contributed by atoms with Crippen molar-refractivity contribution in [3.63, 3.8) is 0 Å². The van der Waals surface area contributed by atoms with Crippen LogP contribution in [-0.4, -0.2) is 45.7 Å². The van der Waals surface area contributed by atoms with E-state index in [0.29, 0.717) is 12.8 Å². The van der Waals surface area contributed by atoms with Gasteiger partial charge in [0.1, 0.15) is 12.1 Å². The second-order valence-corrected chi connectivity index (χ2v) is 7.93. The summed E-state index contributed by atoms with van der Waals surface area (Å²) in [6, 6.07) is -1.45. The lowest BCUT2D eigenvalue weighted by atomic mass is 10.1. The Kier molecular flexibility index (Phi) is 13.9. The lowest BCUT2D eigenvalue weighted by molar-refractivity contribution is -0.139. The summed E-state index contributed by atoms with van der Waals surface area (Å²) in [5.41, 5.74) is 10.8. The first-order chi connectivity index (χ1) is 10.4. The number of nitrogens with two attached hydrogens (primary N) is 2. The summed E-state index contributed by atoms with van der Waals surface area (Å²) in [5.74, 6) is 0.289. The third-order valence-corrected chi connectivity index (χ3v) is 5.78. The van der Waals surface area contributed by atoms with Crippen molar-refractivity contribution < 1.29 is 19.8 Å². The molecule has 6 N–H and O–H groups in total. The molecule has 0 aromatic heterocycles. The van der Waals surface area contributed by atoms with Gasteiger partial charge < -0.3 is 21.7 Å². The van der Waals surface area contributed by atoms with E-state index in [2.05, 4.69) is 0 Å². The molecule has 2 unspecified atom stereocenters. The Morgan fingerprint density at radius 2 is 1.09 bits per heavy atom. The highest BCUT2D eigenvalue weighted by Crippen LogP contribution is 2.24. The zero-order valence-electron chi connectivity index (χ0n) is 12.9. The molecule has 0 aliphatic rings. The van der Waals surface area contributed by atoms with Gasteiger partial charge in [-0.05, 0) is 25.7 Å². The molecule has 0 saturated heterocycles. The summed E-state index contributed by atoms with van der Waals surface area (Å²) in [7, 11) is 3.68. The van der Waals surface area contributed by atoms with Crippen LogP contribution >= 0.6 is 21.6 Å². The normalized spacial score (nSPS) is 13.7. The van der Waals surface area contributed by atoms with Crippen molar-refractivity contribution >= 4 is 33.5 Å². The van der Waals surface area contributed by atoms with E-state index in [1.54, 1.807) is 0 Å². The number of hydrogen-bond donors (Lipinski definition) is 4. The fourth-order valence-corrected chi connectivity index (χ4v) is 4.06. The monoisotopic (exact) mass is 352 g/mol. The van der Waals surface area contributed by atoms with Gasteiger partial charge in [-0.25, -0.2) is 0 Å². The summed E-state index contributed by atoms with van der Waals surface area (Å²) in [6.07, 6.45) is 7.01. The maximum Gasteiger partial charge on any atom is 0.320 e. The molecule has 8 heteroatoms. The van der Waals surface area contributed by atoms with Crippen molar-refractivity contribution in [2.45, 2.75) is 63.5 Å². The molecule has 0 radical (unpaired) electrons. The van der Waals surface area contributed by atoms with Gasteiger partial charge in [-0.1, -0.05) is 47.3 Å². The molecule has 0 bridgehead atoms. The van der Waals surface area contributed by atoms with Crippen molar-refractivity contribution in [3.8, 4) is 0 Å². The molecule has 0 saturated carbocycles. The molecule has 0 rings (SSSR count). The summed E-state index contributed by atoms with van der Waals surface area (Å²) in [6.45, 7) is 0. The van der Waals surface area contributed by atoms with E-state index in [1.807, 2.05) is 21.6 Å². The van der Waals surface area contributed by atoms with Crippen LogP contribution in [0.1, 0.15) is 51.4 Å². The number of aliphatic carboxylic acids is 2. The minimum atomic E-state index is -0.922. The Hall–Kier alpha value is -0.440. The van der Waals surface area contributed by atoms with Gasteiger partial charge in [0.05, 0.1) is 0 Å². The van der Waals surface area contributed by atoms with Crippen molar-refractivity contribution in [3.05, 3.63) is 0 Å². The van der Waals surface area contributed by atoms with Gasteiger partial charge in [0.25, 0.3) is 0 Å². The van der Waals surface area contributed by atoms with Gasteiger partial charge in [0, 0.05) is 11.5 Å². The standard InChI is InChI=1S/C14H28N2O4S2/c15-11(13(17)18)7-3-1-5-9-21-22-10-6-2-4-8-12(16)14(19)20/h11-12H,1-10,15-16H2,(H,17,18)(H,19,20). The number of unbranched alkanes of at least 4 members (excludes halogenated alkanes) is 4. The molecule has 0 spiro atoms. The second kappa shape index (κ2) is 14.2. The van der Waals surface area contributed by atoms with Crippen LogP contribution in [0, 0.1) is 0 Å². The van der Waals surface area contributed by atoms with Crippen LogP contribution in [0.4, 0.5) is 0 Å². The zero-order chi connectivity index (χ0) is 16.8. The molecule has 0 heterocycles. The van der Waals surface area contributed by atoms with E-state index < -0.39 is 24.0 Å². The fourth-order valence-electron chi connectivity index (χ4n) is 1.77. The molecule has 22 heavy (non-hydrogen) atoms. The predicted octanol–water partition coefficient (Wildman–Crippen LogP) is 2.31. The first-order valence-electron chi connectivity index (χ1n) is 7.66.